The maximum absolute atomic E-state index is 12.9. The minimum absolute atomic E-state index is 0.0582. The fourth-order valence-corrected chi connectivity index (χ4v) is 1.86. The normalized spacial score (nSPS) is 28.9. The van der Waals surface area contributed by atoms with E-state index in [4.69, 9.17) is 28.9 Å². The van der Waals surface area contributed by atoms with Gasteiger partial charge in [-0.1, -0.05) is 29.3 Å². The van der Waals surface area contributed by atoms with E-state index in [1.54, 1.807) is 0 Å². The molecule has 1 atom stereocenters. The van der Waals surface area contributed by atoms with Crippen molar-refractivity contribution >= 4 is 23.2 Å². The molecule has 1 unspecified atom stereocenters. The number of hydrogen-bond donors (Lipinski definition) is 1. The van der Waals surface area contributed by atoms with Crippen LogP contribution in [0.25, 0.3) is 0 Å². The highest BCUT2D eigenvalue weighted by molar-refractivity contribution is 6.33. The molecule has 0 bridgehead atoms. The first kappa shape index (κ1) is 10.1. The lowest BCUT2D eigenvalue weighted by atomic mass is 10.1. The van der Waals surface area contributed by atoms with Gasteiger partial charge in [-0.3, -0.25) is 0 Å². The summed E-state index contributed by atoms with van der Waals surface area (Å²) in [5, 5.41) is 0.100. The van der Waals surface area contributed by atoms with Gasteiger partial charge in [-0.25, -0.2) is 13.8 Å². The highest BCUT2D eigenvalue weighted by Gasteiger charge is 2.70. The third kappa shape index (κ3) is 1.29. The van der Waals surface area contributed by atoms with Crippen molar-refractivity contribution < 1.29 is 8.78 Å². The summed E-state index contributed by atoms with van der Waals surface area (Å²) in [6.45, 7) is 0. The molecule has 1 heterocycles. The molecule has 0 aliphatic heterocycles. The zero-order valence-electron chi connectivity index (χ0n) is 6.90. The van der Waals surface area contributed by atoms with Crippen LogP contribution in [0.3, 0.4) is 0 Å². The monoisotopic (exact) mass is 238 g/mol. The molecule has 2 N–H and O–H groups in total. The molecule has 14 heavy (non-hydrogen) atoms. The van der Waals surface area contributed by atoms with Gasteiger partial charge in [0, 0.05) is 12.0 Å². The molecule has 6 heteroatoms. The van der Waals surface area contributed by atoms with Gasteiger partial charge >= 0.3 is 0 Å². The summed E-state index contributed by atoms with van der Waals surface area (Å²) in [6.07, 6.45) is -0.400. The van der Waals surface area contributed by atoms with E-state index in [1.165, 1.54) is 12.1 Å². The van der Waals surface area contributed by atoms with Crippen molar-refractivity contribution in [2.45, 2.75) is 17.9 Å². The van der Waals surface area contributed by atoms with E-state index in [0.717, 1.165) is 0 Å². The molecule has 2 nitrogen and oxygen atoms in total. The Labute approximate surface area is 89.0 Å². The quantitative estimate of drug-likeness (QED) is 0.765. The average Bonchev–Trinajstić information content (AvgIpc) is 2.50. The average molecular weight is 239 g/mol. The molecule has 1 aromatic rings. The smallest absolute Gasteiger partial charge is 0.272 e. The number of alkyl halides is 2. The van der Waals surface area contributed by atoms with E-state index < -0.39 is 17.9 Å². The number of hydrogen-bond acceptors (Lipinski definition) is 2. The summed E-state index contributed by atoms with van der Waals surface area (Å²) in [5.41, 5.74) is 3.96. The van der Waals surface area contributed by atoms with Crippen LogP contribution in [-0.4, -0.2) is 10.9 Å². The van der Waals surface area contributed by atoms with Crippen LogP contribution in [0.5, 0.6) is 0 Å². The van der Waals surface area contributed by atoms with Crippen molar-refractivity contribution in [1.82, 2.24) is 4.98 Å². The van der Waals surface area contributed by atoms with Gasteiger partial charge in [0.2, 0.25) is 0 Å². The van der Waals surface area contributed by atoms with Crippen molar-refractivity contribution in [3.8, 4) is 0 Å². The third-order valence-corrected chi connectivity index (χ3v) is 2.82. The summed E-state index contributed by atoms with van der Waals surface area (Å²) in [5.74, 6) is -2.90. The molecule has 0 radical (unpaired) electrons. The van der Waals surface area contributed by atoms with E-state index in [2.05, 4.69) is 4.98 Å². The fraction of sp³-hybridized carbons (Fsp3) is 0.375. The Kier molecular flexibility index (Phi) is 2.00. The molecule has 0 saturated heterocycles. The van der Waals surface area contributed by atoms with E-state index >= 15 is 0 Å². The summed E-state index contributed by atoms with van der Waals surface area (Å²) < 4.78 is 25.8. The molecule has 1 aliphatic rings. The number of nitrogens with zero attached hydrogens (tertiary/aromatic N) is 1. The third-order valence-electron chi connectivity index (χ3n) is 2.32. The molecule has 0 aromatic carbocycles. The van der Waals surface area contributed by atoms with Crippen LogP contribution in [0.1, 0.15) is 12.0 Å². The Morgan fingerprint density at radius 3 is 2.36 bits per heavy atom. The number of rotatable bonds is 1. The molecule has 0 spiro atoms. The van der Waals surface area contributed by atoms with Crippen LogP contribution in [0, 0.1) is 0 Å². The summed E-state index contributed by atoms with van der Waals surface area (Å²) in [7, 11) is 0. The van der Waals surface area contributed by atoms with Crippen LogP contribution >= 0.6 is 23.2 Å². The Morgan fingerprint density at radius 2 is 1.93 bits per heavy atom. The van der Waals surface area contributed by atoms with E-state index in [1.807, 2.05) is 0 Å². The lowest BCUT2D eigenvalue weighted by molar-refractivity contribution is 0.0890. The molecule has 0 amide bonds. The largest absolute Gasteiger partial charge is 0.316 e. The van der Waals surface area contributed by atoms with Gasteiger partial charge in [-0.15, -0.1) is 0 Å². The second kappa shape index (κ2) is 2.78. The lowest BCUT2D eigenvalue weighted by Gasteiger charge is -2.11. The summed E-state index contributed by atoms with van der Waals surface area (Å²) in [6, 6.07) is 2.78. The molecule has 2 rings (SSSR count). The SMILES string of the molecule is NC1(c2ccc(Cl)nc2Cl)CC1(F)F. The minimum Gasteiger partial charge on any atom is -0.316 e. The maximum Gasteiger partial charge on any atom is 0.272 e. The number of pyridine rings is 1. The lowest BCUT2D eigenvalue weighted by Crippen LogP contribution is -2.27. The van der Waals surface area contributed by atoms with Gasteiger partial charge in [0.1, 0.15) is 15.8 Å². The van der Waals surface area contributed by atoms with Gasteiger partial charge in [0.15, 0.2) is 0 Å². The zero-order valence-corrected chi connectivity index (χ0v) is 8.41. The maximum atomic E-state index is 12.9. The second-order valence-corrected chi connectivity index (χ2v) is 4.07. The predicted molar refractivity (Wildman–Crippen MR) is 49.7 cm³/mol. The molecule has 1 saturated carbocycles. The van der Waals surface area contributed by atoms with Gasteiger partial charge in [0.25, 0.3) is 5.92 Å². The Bertz CT molecular complexity index is 397. The van der Waals surface area contributed by atoms with Crippen LogP contribution < -0.4 is 5.73 Å². The molecular formula is C8H6Cl2F2N2. The second-order valence-electron chi connectivity index (χ2n) is 3.32. The minimum atomic E-state index is -2.90. The first-order chi connectivity index (χ1) is 6.37. The van der Waals surface area contributed by atoms with Crippen molar-refractivity contribution in [3.63, 3.8) is 0 Å². The number of nitrogens with two attached hydrogens (primary N) is 1. The molecule has 76 valence electrons. The first-order valence-electron chi connectivity index (χ1n) is 3.86. The van der Waals surface area contributed by atoms with Crippen LogP contribution in [-0.2, 0) is 5.54 Å². The highest BCUT2D eigenvalue weighted by atomic mass is 35.5. The van der Waals surface area contributed by atoms with Crippen molar-refractivity contribution in [2.24, 2.45) is 5.73 Å². The molecule has 1 fully saturated rings. The van der Waals surface area contributed by atoms with Crippen LogP contribution in [0.4, 0.5) is 8.78 Å². The first-order valence-corrected chi connectivity index (χ1v) is 4.62. The Hall–Kier alpha value is -0.450. The topological polar surface area (TPSA) is 38.9 Å². The van der Waals surface area contributed by atoms with Gasteiger partial charge in [-0.05, 0) is 6.07 Å². The van der Waals surface area contributed by atoms with E-state index in [9.17, 15) is 8.78 Å². The van der Waals surface area contributed by atoms with Gasteiger partial charge in [-0.2, -0.15) is 0 Å². The fourth-order valence-electron chi connectivity index (χ4n) is 1.34. The van der Waals surface area contributed by atoms with Crippen molar-refractivity contribution in [1.29, 1.82) is 0 Å². The standard InChI is InChI=1S/C8H6Cl2F2N2/c9-5-2-1-4(6(10)14-5)7(13)3-8(7,11)12/h1-2H,3,13H2. The number of aromatic nitrogens is 1. The Morgan fingerprint density at radius 1 is 1.36 bits per heavy atom. The summed E-state index contributed by atoms with van der Waals surface area (Å²) in [4.78, 5) is 3.66. The van der Waals surface area contributed by atoms with Crippen molar-refractivity contribution in [2.75, 3.05) is 0 Å². The zero-order chi connectivity index (χ0) is 10.6. The number of halogens is 4. The predicted octanol–water partition coefficient (Wildman–Crippen LogP) is 2.58. The van der Waals surface area contributed by atoms with Crippen LogP contribution in [0.2, 0.25) is 10.3 Å². The summed E-state index contributed by atoms with van der Waals surface area (Å²) >= 11 is 11.2. The Balaban J connectivity index is 2.45. The highest BCUT2D eigenvalue weighted by Crippen LogP contribution is 2.58. The van der Waals surface area contributed by atoms with Gasteiger partial charge < -0.3 is 5.73 Å². The molecule has 1 aromatic heterocycles. The molecular weight excluding hydrogens is 233 g/mol. The van der Waals surface area contributed by atoms with Crippen molar-refractivity contribution in [3.05, 3.63) is 28.0 Å². The molecule has 1 aliphatic carbocycles. The van der Waals surface area contributed by atoms with E-state index in [-0.39, 0.29) is 15.9 Å². The van der Waals surface area contributed by atoms with Gasteiger partial charge in [0.05, 0.1) is 0 Å². The van der Waals surface area contributed by atoms with E-state index in [0.29, 0.717) is 0 Å². The van der Waals surface area contributed by atoms with Crippen LogP contribution in [0.15, 0.2) is 12.1 Å².